The number of ether oxygens (including phenoxy) is 3. The highest BCUT2D eigenvalue weighted by atomic mass is 32.1. The van der Waals surface area contributed by atoms with E-state index in [1.54, 1.807) is 12.1 Å². The Morgan fingerprint density at radius 1 is 0.956 bits per heavy atom. The second kappa shape index (κ2) is 11.5. The van der Waals surface area contributed by atoms with Crippen LogP contribution in [-0.2, 0) is 0 Å². The third-order valence-electron chi connectivity index (χ3n) is 6.82. The Balaban J connectivity index is 1.50. The molecular formula is C31H22F3N4O6S+. The molecule has 0 aliphatic rings. The van der Waals surface area contributed by atoms with Gasteiger partial charge in [0.25, 0.3) is 5.78 Å². The van der Waals surface area contributed by atoms with Gasteiger partial charge in [-0.2, -0.15) is 0 Å². The van der Waals surface area contributed by atoms with Crippen molar-refractivity contribution in [2.45, 2.75) is 6.36 Å². The Morgan fingerprint density at radius 2 is 1.67 bits per heavy atom. The van der Waals surface area contributed by atoms with Crippen LogP contribution in [0.5, 0.6) is 23.2 Å². The summed E-state index contributed by atoms with van der Waals surface area (Å²) < 4.78 is 58.5. The van der Waals surface area contributed by atoms with Crippen molar-refractivity contribution in [3.05, 3.63) is 89.4 Å². The second-order valence-electron chi connectivity index (χ2n) is 9.53. The highest BCUT2D eigenvalue weighted by molar-refractivity contribution is 7.21. The molecule has 3 heterocycles. The maximum absolute atomic E-state index is 14.0. The molecule has 0 radical (unpaired) electrons. The smallest absolute Gasteiger partial charge is 0.493 e. The Kier molecular flexibility index (Phi) is 7.50. The first-order valence-corrected chi connectivity index (χ1v) is 13.9. The summed E-state index contributed by atoms with van der Waals surface area (Å²) in [6.07, 6.45) is -4.88. The fourth-order valence-corrected chi connectivity index (χ4v) is 5.86. The zero-order chi connectivity index (χ0) is 31.9. The van der Waals surface area contributed by atoms with Crippen molar-refractivity contribution < 1.29 is 46.5 Å². The number of methoxy groups -OCH3 is 2. The van der Waals surface area contributed by atoms with Crippen LogP contribution in [0.15, 0.2) is 83.4 Å². The zero-order valence-corrected chi connectivity index (χ0v) is 24.3. The van der Waals surface area contributed by atoms with E-state index in [0.29, 0.717) is 38.5 Å². The van der Waals surface area contributed by atoms with Crippen LogP contribution in [0.1, 0.15) is 15.4 Å². The van der Waals surface area contributed by atoms with Gasteiger partial charge in [0, 0.05) is 27.8 Å². The molecule has 0 saturated carbocycles. The summed E-state index contributed by atoms with van der Waals surface area (Å²) in [6, 6.07) is 21.2. The van der Waals surface area contributed by atoms with Crippen LogP contribution in [0.3, 0.4) is 0 Å². The van der Waals surface area contributed by atoms with E-state index in [1.807, 2.05) is 42.5 Å². The first-order valence-electron chi connectivity index (χ1n) is 13.1. The van der Waals surface area contributed by atoms with E-state index in [0.717, 1.165) is 33.7 Å². The first kappa shape index (κ1) is 29.4. The van der Waals surface area contributed by atoms with E-state index < -0.39 is 29.5 Å². The third kappa shape index (κ3) is 5.58. The number of alkyl halides is 3. The minimum absolute atomic E-state index is 0.0358. The number of pyridine rings is 1. The number of carbonyl (C=O) groups is 1. The van der Waals surface area contributed by atoms with Crippen molar-refractivity contribution in [3.63, 3.8) is 0 Å². The number of aromatic hydroxyl groups is 1. The van der Waals surface area contributed by atoms with Crippen LogP contribution in [0.25, 0.3) is 38.3 Å². The van der Waals surface area contributed by atoms with Crippen molar-refractivity contribution in [1.82, 2.24) is 10.3 Å². The van der Waals surface area contributed by atoms with E-state index in [-0.39, 0.29) is 16.3 Å². The average molecular weight is 636 g/mol. The quantitative estimate of drug-likeness (QED) is 0.145. The first-order chi connectivity index (χ1) is 21.6. The van der Waals surface area contributed by atoms with Gasteiger partial charge in [0.05, 0.1) is 25.6 Å². The van der Waals surface area contributed by atoms with Crippen LogP contribution in [0.2, 0.25) is 0 Å². The Hall–Kier alpha value is -5.63. The molecule has 3 aromatic carbocycles. The summed E-state index contributed by atoms with van der Waals surface area (Å²) in [5, 5.41) is 14.7. The number of nitrogens with zero attached hydrogens (tertiary/aromatic N) is 3. The van der Waals surface area contributed by atoms with Gasteiger partial charge in [-0.1, -0.05) is 36.4 Å². The number of thiophene rings is 1. The molecule has 0 bridgehead atoms. The summed E-state index contributed by atoms with van der Waals surface area (Å²) in [5.74, 6) is -1.04. The fraction of sp³-hybridized carbons (Fsp3) is 0.0968. The number of aromatic nitrogens is 3. The number of benzene rings is 3. The Bertz CT molecular complexity index is 2040. The minimum Gasteiger partial charge on any atom is -0.493 e. The molecule has 10 nitrogen and oxygen atoms in total. The molecule has 0 fully saturated rings. The van der Waals surface area contributed by atoms with Gasteiger partial charge >= 0.3 is 18.0 Å². The zero-order valence-electron chi connectivity index (χ0n) is 23.5. The van der Waals surface area contributed by atoms with Gasteiger partial charge < -0.3 is 25.1 Å². The van der Waals surface area contributed by atoms with Gasteiger partial charge in [0.1, 0.15) is 15.5 Å². The van der Waals surface area contributed by atoms with Crippen molar-refractivity contribution in [1.29, 1.82) is 0 Å². The van der Waals surface area contributed by atoms with E-state index in [9.17, 15) is 23.1 Å². The Morgan fingerprint density at radius 3 is 2.33 bits per heavy atom. The number of nitrogens with two attached hydrogens (primary N) is 1. The van der Waals surface area contributed by atoms with E-state index in [4.69, 9.17) is 24.7 Å². The van der Waals surface area contributed by atoms with Gasteiger partial charge in [0.2, 0.25) is 11.0 Å². The molecule has 0 aliphatic heterocycles. The Labute approximate surface area is 256 Å². The molecule has 0 unspecified atom stereocenters. The number of nitrogen functional groups attached to an aromatic ring is 1. The predicted octanol–water partition coefficient (Wildman–Crippen LogP) is 6.33. The number of ketones is 1. The molecular weight excluding hydrogens is 613 g/mol. The number of hydrogen-bond acceptors (Lipinski definition) is 10. The summed E-state index contributed by atoms with van der Waals surface area (Å²) >= 11 is 1.01. The molecule has 6 rings (SSSR count). The molecule has 6 aromatic rings. The molecule has 0 amide bonds. The van der Waals surface area contributed by atoms with E-state index in [1.165, 1.54) is 26.4 Å². The normalized spacial score (nSPS) is 11.5. The number of hydrogen-bond donors (Lipinski definition) is 2. The summed E-state index contributed by atoms with van der Waals surface area (Å²) in [6.45, 7) is 0. The van der Waals surface area contributed by atoms with Gasteiger partial charge in [-0.25, -0.2) is 4.98 Å². The highest BCUT2D eigenvalue weighted by Gasteiger charge is 2.38. The molecule has 0 saturated heterocycles. The van der Waals surface area contributed by atoms with Crippen molar-refractivity contribution >= 4 is 33.0 Å². The summed E-state index contributed by atoms with van der Waals surface area (Å²) in [4.78, 5) is 19.3. The SMILES string of the molecule is COc1ccc(-c2cc(-c3ccccc3)nc3sc(C(=O)c4c(O)on[n+]4-c4ccc(OC(F)(F)F)cc4)c(N)c23)cc1OC. The lowest BCUT2D eigenvalue weighted by Gasteiger charge is -2.12. The molecule has 0 atom stereocenters. The maximum Gasteiger partial charge on any atom is 0.573 e. The fourth-order valence-electron chi connectivity index (χ4n) is 4.80. The number of halogens is 3. The van der Waals surface area contributed by atoms with E-state index >= 15 is 0 Å². The summed E-state index contributed by atoms with van der Waals surface area (Å²) in [5.41, 5.74) is 9.29. The van der Waals surface area contributed by atoms with Crippen LogP contribution >= 0.6 is 11.3 Å². The monoisotopic (exact) mass is 635 g/mol. The molecule has 228 valence electrons. The van der Waals surface area contributed by atoms with Crippen LogP contribution < -0.4 is 24.6 Å². The molecule has 45 heavy (non-hydrogen) atoms. The predicted molar refractivity (Wildman–Crippen MR) is 158 cm³/mol. The van der Waals surface area contributed by atoms with Gasteiger partial charge in [-0.3, -0.25) is 9.32 Å². The third-order valence-corrected chi connectivity index (χ3v) is 7.92. The molecule has 14 heteroatoms. The molecule has 0 spiro atoms. The highest BCUT2D eigenvalue weighted by Crippen LogP contribution is 2.44. The maximum atomic E-state index is 14.0. The van der Waals surface area contributed by atoms with Crippen LogP contribution in [0, 0.1) is 0 Å². The minimum atomic E-state index is -4.88. The molecule has 0 aliphatic carbocycles. The number of carbonyl (C=O) groups excluding carboxylic acids is 1. The number of fused-ring (bicyclic) bond motifs is 1. The summed E-state index contributed by atoms with van der Waals surface area (Å²) in [7, 11) is 3.05. The topological polar surface area (TPSA) is 134 Å². The van der Waals surface area contributed by atoms with Crippen molar-refractivity contribution in [2.75, 3.05) is 20.0 Å². The number of rotatable bonds is 8. The molecule has 3 N–H and O–H groups in total. The lowest BCUT2D eigenvalue weighted by molar-refractivity contribution is -0.672. The average Bonchev–Trinajstić information content (AvgIpc) is 3.59. The van der Waals surface area contributed by atoms with Gasteiger partial charge in [-0.05, 0) is 41.5 Å². The van der Waals surface area contributed by atoms with Gasteiger partial charge in [-0.15, -0.1) is 24.5 Å². The van der Waals surface area contributed by atoms with Crippen LogP contribution in [-0.4, -0.2) is 41.7 Å². The van der Waals surface area contributed by atoms with Crippen LogP contribution in [0.4, 0.5) is 18.9 Å². The van der Waals surface area contributed by atoms with Crippen molar-refractivity contribution in [3.8, 4) is 51.3 Å². The second-order valence-corrected chi connectivity index (χ2v) is 10.5. The van der Waals surface area contributed by atoms with E-state index in [2.05, 4.69) is 10.0 Å². The number of anilines is 1. The lowest BCUT2D eigenvalue weighted by atomic mass is 9.98. The van der Waals surface area contributed by atoms with Gasteiger partial charge in [0.15, 0.2) is 11.5 Å². The molecule has 3 aromatic heterocycles. The standard InChI is InChI=1S/C31H21F3N4O6S/c1-41-22-13-8-17(14-23(22)42-2)20-15-21(16-6-4-3-5-7-16)36-29-24(20)25(35)28(45-29)27(39)26-30(40)44-37-38(26)18-9-11-19(12-10-18)43-31(32,33)34/h3-15H,1-2H3,(H2-,35,37,39,40)/p+1. The largest absolute Gasteiger partial charge is 0.573 e. The lowest BCUT2D eigenvalue weighted by Crippen LogP contribution is -2.38. The van der Waals surface area contributed by atoms with Crippen molar-refractivity contribution in [2.24, 2.45) is 0 Å².